The normalized spacial score (nSPS) is 23.1. The van der Waals surface area contributed by atoms with Gasteiger partial charge in [0.05, 0.1) is 6.61 Å². The molecule has 20 heavy (non-hydrogen) atoms. The van der Waals surface area contributed by atoms with E-state index < -0.39 is 0 Å². The molecule has 2 aliphatic rings. The fourth-order valence-electron chi connectivity index (χ4n) is 3.80. The summed E-state index contributed by atoms with van der Waals surface area (Å²) in [5, 5.41) is 12.8. The Balaban J connectivity index is 1.79. The van der Waals surface area contributed by atoms with Crippen molar-refractivity contribution in [2.24, 2.45) is 5.92 Å². The number of benzene rings is 1. The molecule has 0 aliphatic carbocycles. The number of piperidine rings is 1. The van der Waals surface area contributed by atoms with E-state index in [0.717, 1.165) is 24.6 Å². The van der Waals surface area contributed by atoms with Gasteiger partial charge in [-0.25, -0.2) is 0 Å². The van der Waals surface area contributed by atoms with Crippen molar-refractivity contribution in [2.45, 2.75) is 38.7 Å². The topological polar surface area (TPSA) is 35.5 Å². The Hall–Kier alpha value is -1.06. The molecule has 3 rings (SSSR count). The molecule has 110 valence electrons. The minimum atomic E-state index is 0.152. The number of nitrogens with zero attached hydrogens (tertiary/aromatic N) is 1. The molecule has 2 aliphatic heterocycles. The summed E-state index contributed by atoms with van der Waals surface area (Å²) >= 11 is 0. The summed E-state index contributed by atoms with van der Waals surface area (Å²) in [6, 6.07) is 6.50. The molecule has 3 heteroatoms. The standard InChI is InChI=1S/C17H26N2O/c1-2-19-11-15(9-13-5-7-18-8-6-13)16-10-14(12-20)3-4-17(16)19/h3-4,10,13,15,18,20H,2,5-9,11-12H2,1H3. The number of rotatable bonds is 4. The van der Waals surface area contributed by atoms with Gasteiger partial charge in [-0.1, -0.05) is 12.1 Å². The van der Waals surface area contributed by atoms with Crippen LogP contribution in [0.15, 0.2) is 18.2 Å². The van der Waals surface area contributed by atoms with Gasteiger partial charge in [-0.15, -0.1) is 0 Å². The van der Waals surface area contributed by atoms with Crippen LogP contribution in [0.5, 0.6) is 0 Å². The minimum absolute atomic E-state index is 0.152. The summed E-state index contributed by atoms with van der Waals surface area (Å²) in [5.74, 6) is 1.52. The van der Waals surface area contributed by atoms with Crippen LogP contribution < -0.4 is 10.2 Å². The van der Waals surface area contributed by atoms with E-state index in [-0.39, 0.29) is 6.61 Å². The molecule has 0 bridgehead atoms. The Morgan fingerprint density at radius 1 is 1.30 bits per heavy atom. The maximum Gasteiger partial charge on any atom is 0.0681 e. The third-order valence-electron chi connectivity index (χ3n) is 4.95. The molecule has 0 radical (unpaired) electrons. The SMILES string of the molecule is CCN1CC(CC2CCNCC2)c2cc(CO)ccc21. The van der Waals surface area contributed by atoms with Crippen molar-refractivity contribution in [3.8, 4) is 0 Å². The van der Waals surface area contributed by atoms with Crippen molar-refractivity contribution >= 4 is 5.69 Å². The lowest BCUT2D eigenvalue weighted by Gasteiger charge is -2.25. The Morgan fingerprint density at radius 2 is 2.10 bits per heavy atom. The monoisotopic (exact) mass is 274 g/mol. The highest BCUT2D eigenvalue weighted by molar-refractivity contribution is 5.61. The van der Waals surface area contributed by atoms with Crippen LogP contribution in [0.3, 0.4) is 0 Å². The number of fused-ring (bicyclic) bond motifs is 1. The lowest BCUT2D eigenvalue weighted by Crippen LogP contribution is -2.29. The predicted octanol–water partition coefficient (Wildman–Crippen LogP) is 2.49. The molecule has 3 nitrogen and oxygen atoms in total. The largest absolute Gasteiger partial charge is 0.392 e. The van der Waals surface area contributed by atoms with Crippen LogP contribution in [0.25, 0.3) is 0 Å². The van der Waals surface area contributed by atoms with E-state index in [9.17, 15) is 5.11 Å². The molecule has 2 heterocycles. The number of nitrogens with one attached hydrogen (secondary N) is 1. The van der Waals surface area contributed by atoms with Crippen molar-refractivity contribution < 1.29 is 5.11 Å². The summed E-state index contributed by atoms with van der Waals surface area (Å²) in [7, 11) is 0. The molecule has 1 atom stereocenters. The number of hydrogen-bond acceptors (Lipinski definition) is 3. The fraction of sp³-hybridized carbons (Fsp3) is 0.647. The van der Waals surface area contributed by atoms with E-state index >= 15 is 0 Å². The second-order valence-corrected chi connectivity index (χ2v) is 6.22. The highest BCUT2D eigenvalue weighted by Crippen LogP contribution is 2.41. The number of aliphatic hydroxyl groups excluding tert-OH is 1. The number of aliphatic hydroxyl groups is 1. The Bertz CT molecular complexity index is 454. The second kappa shape index (κ2) is 6.15. The van der Waals surface area contributed by atoms with Crippen LogP contribution in [-0.4, -0.2) is 31.3 Å². The van der Waals surface area contributed by atoms with Crippen molar-refractivity contribution in [1.29, 1.82) is 0 Å². The zero-order chi connectivity index (χ0) is 13.9. The van der Waals surface area contributed by atoms with Crippen molar-refractivity contribution in [3.63, 3.8) is 0 Å². The Labute approximate surface area is 122 Å². The molecule has 0 spiro atoms. The van der Waals surface area contributed by atoms with E-state index in [4.69, 9.17) is 0 Å². The first kappa shape index (κ1) is 13.9. The highest BCUT2D eigenvalue weighted by atomic mass is 16.3. The van der Waals surface area contributed by atoms with Crippen molar-refractivity contribution in [3.05, 3.63) is 29.3 Å². The van der Waals surface area contributed by atoms with Crippen molar-refractivity contribution in [1.82, 2.24) is 5.32 Å². The van der Waals surface area contributed by atoms with Gasteiger partial charge in [-0.3, -0.25) is 0 Å². The fourth-order valence-corrected chi connectivity index (χ4v) is 3.80. The zero-order valence-corrected chi connectivity index (χ0v) is 12.4. The molecule has 1 unspecified atom stereocenters. The predicted molar refractivity (Wildman–Crippen MR) is 83.2 cm³/mol. The van der Waals surface area contributed by atoms with Gasteiger partial charge in [-0.2, -0.15) is 0 Å². The van der Waals surface area contributed by atoms with Gasteiger partial charge < -0.3 is 15.3 Å². The van der Waals surface area contributed by atoms with Gasteiger partial charge >= 0.3 is 0 Å². The third-order valence-corrected chi connectivity index (χ3v) is 4.95. The van der Waals surface area contributed by atoms with Crippen LogP contribution in [0.2, 0.25) is 0 Å². The molecule has 1 saturated heterocycles. The molecule has 1 aromatic carbocycles. The smallest absolute Gasteiger partial charge is 0.0681 e. The lowest BCUT2D eigenvalue weighted by molar-refractivity contribution is 0.281. The van der Waals surface area contributed by atoms with Crippen molar-refractivity contribution in [2.75, 3.05) is 31.1 Å². The summed E-state index contributed by atoms with van der Waals surface area (Å²) in [6.45, 7) is 6.98. The average Bonchev–Trinajstić information content (AvgIpc) is 2.85. The van der Waals surface area contributed by atoms with E-state index in [1.807, 2.05) is 0 Å². The third kappa shape index (κ3) is 2.70. The van der Waals surface area contributed by atoms with Gasteiger partial charge in [0, 0.05) is 24.7 Å². The quantitative estimate of drug-likeness (QED) is 0.885. The van der Waals surface area contributed by atoms with Crippen LogP contribution in [0, 0.1) is 5.92 Å². The van der Waals surface area contributed by atoms with E-state index in [1.165, 1.54) is 43.6 Å². The maximum atomic E-state index is 9.38. The van der Waals surface area contributed by atoms with Gasteiger partial charge in [-0.05, 0) is 62.4 Å². The van der Waals surface area contributed by atoms with Gasteiger partial charge in [0.15, 0.2) is 0 Å². The Morgan fingerprint density at radius 3 is 2.80 bits per heavy atom. The summed E-state index contributed by atoms with van der Waals surface area (Å²) in [5.41, 5.74) is 3.91. The van der Waals surface area contributed by atoms with Crippen LogP contribution >= 0.6 is 0 Å². The number of likely N-dealkylation sites (N-methyl/N-ethyl adjacent to an activating group) is 1. The summed E-state index contributed by atoms with van der Waals surface area (Å²) in [6.07, 6.45) is 3.94. The lowest BCUT2D eigenvalue weighted by atomic mass is 9.85. The van der Waals surface area contributed by atoms with Crippen LogP contribution in [-0.2, 0) is 6.61 Å². The summed E-state index contributed by atoms with van der Waals surface area (Å²) < 4.78 is 0. The van der Waals surface area contributed by atoms with Crippen LogP contribution in [0.1, 0.15) is 43.2 Å². The highest BCUT2D eigenvalue weighted by Gasteiger charge is 2.30. The Kier molecular flexibility index (Phi) is 4.27. The molecular weight excluding hydrogens is 248 g/mol. The molecular formula is C17H26N2O. The molecule has 0 aromatic heterocycles. The maximum absolute atomic E-state index is 9.38. The van der Waals surface area contributed by atoms with Gasteiger partial charge in [0.25, 0.3) is 0 Å². The summed E-state index contributed by atoms with van der Waals surface area (Å²) in [4.78, 5) is 2.49. The number of hydrogen-bond donors (Lipinski definition) is 2. The first-order valence-corrected chi connectivity index (χ1v) is 8.01. The van der Waals surface area contributed by atoms with E-state index in [1.54, 1.807) is 0 Å². The van der Waals surface area contributed by atoms with Gasteiger partial charge in [0.2, 0.25) is 0 Å². The molecule has 1 aromatic rings. The molecule has 1 fully saturated rings. The van der Waals surface area contributed by atoms with Crippen LogP contribution in [0.4, 0.5) is 5.69 Å². The number of anilines is 1. The minimum Gasteiger partial charge on any atom is -0.392 e. The molecule has 0 amide bonds. The first-order valence-electron chi connectivity index (χ1n) is 8.01. The molecule has 2 N–H and O–H groups in total. The zero-order valence-electron chi connectivity index (χ0n) is 12.4. The second-order valence-electron chi connectivity index (χ2n) is 6.22. The van der Waals surface area contributed by atoms with E-state index in [2.05, 4.69) is 35.3 Å². The first-order chi connectivity index (χ1) is 9.81. The van der Waals surface area contributed by atoms with E-state index in [0.29, 0.717) is 5.92 Å². The van der Waals surface area contributed by atoms with Gasteiger partial charge in [0.1, 0.15) is 0 Å². The molecule has 0 saturated carbocycles. The average molecular weight is 274 g/mol.